The van der Waals surface area contributed by atoms with Gasteiger partial charge in [-0.15, -0.1) is 0 Å². The van der Waals surface area contributed by atoms with E-state index in [4.69, 9.17) is 0 Å². The van der Waals surface area contributed by atoms with Gasteiger partial charge in [-0.05, 0) is 46.0 Å². The smallest absolute Gasteiger partial charge is 0.242 e. The maximum atomic E-state index is 12.1. The van der Waals surface area contributed by atoms with Crippen molar-refractivity contribution in [1.29, 1.82) is 0 Å². The van der Waals surface area contributed by atoms with Crippen molar-refractivity contribution in [1.82, 2.24) is 10.2 Å². The van der Waals surface area contributed by atoms with E-state index in [0.717, 1.165) is 25.7 Å². The van der Waals surface area contributed by atoms with Gasteiger partial charge in [0.05, 0.1) is 6.54 Å². The molecule has 96 valence electrons. The maximum absolute atomic E-state index is 12.1. The summed E-state index contributed by atoms with van der Waals surface area (Å²) < 4.78 is 0. The summed E-state index contributed by atoms with van der Waals surface area (Å²) in [6, 6.07) is 0.619. The number of nitrogens with zero attached hydrogens (tertiary/aromatic N) is 1. The molecule has 1 saturated heterocycles. The van der Waals surface area contributed by atoms with Gasteiger partial charge in [-0.25, -0.2) is 0 Å². The largest absolute Gasteiger partial charge is 0.347 e. The Bertz CT molecular complexity index is 303. The molecule has 2 atom stereocenters. The standard InChI is InChI=1S/C13H22N2O2/c1-9-4-3-5-10(2)15(9)12(16)8-14-13(17)11-6-7-11/h9-11H,3-8H2,1-2H3,(H,14,17). The fourth-order valence-electron chi connectivity index (χ4n) is 2.66. The van der Waals surface area contributed by atoms with E-state index in [1.807, 2.05) is 4.90 Å². The monoisotopic (exact) mass is 238 g/mol. The molecule has 0 radical (unpaired) electrons. The first-order valence-corrected chi connectivity index (χ1v) is 6.68. The Labute approximate surface area is 103 Å². The third kappa shape index (κ3) is 2.99. The molecular weight excluding hydrogens is 216 g/mol. The number of likely N-dealkylation sites (tertiary alicyclic amines) is 1. The molecule has 0 bridgehead atoms. The summed E-state index contributed by atoms with van der Waals surface area (Å²) in [5, 5.41) is 2.75. The Morgan fingerprint density at radius 3 is 2.24 bits per heavy atom. The van der Waals surface area contributed by atoms with E-state index < -0.39 is 0 Å². The van der Waals surface area contributed by atoms with E-state index >= 15 is 0 Å². The van der Waals surface area contributed by atoms with Crippen LogP contribution in [0.2, 0.25) is 0 Å². The third-order valence-corrected chi connectivity index (χ3v) is 3.84. The lowest BCUT2D eigenvalue weighted by Gasteiger charge is -2.39. The van der Waals surface area contributed by atoms with E-state index in [9.17, 15) is 9.59 Å². The zero-order valence-electron chi connectivity index (χ0n) is 10.7. The van der Waals surface area contributed by atoms with Crippen LogP contribution in [-0.2, 0) is 9.59 Å². The van der Waals surface area contributed by atoms with Gasteiger partial charge in [0, 0.05) is 18.0 Å². The van der Waals surface area contributed by atoms with Crippen LogP contribution < -0.4 is 5.32 Å². The van der Waals surface area contributed by atoms with Gasteiger partial charge in [0.15, 0.2) is 0 Å². The first kappa shape index (κ1) is 12.4. The van der Waals surface area contributed by atoms with Gasteiger partial charge in [0.25, 0.3) is 0 Å². The average Bonchev–Trinajstić information content (AvgIpc) is 3.09. The van der Waals surface area contributed by atoms with Crippen LogP contribution >= 0.6 is 0 Å². The molecule has 0 aromatic carbocycles. The molecule has 1 saturated carbocycles. The molecule has 1 heterocycles. The lowest BCUT2D eigenvalue weighted by atomic mass is 9.97. The maximum Gasteiger partial charge on any atom is 0.242 e. The second-order valence-electron chi connectivity index (χ2n) is 5.42. The van der Waals surface area contributed by atoms with Crippen LogP contribution in [0.4, 0.5) is 0 Å². The van der Waals surface area contributed by atoms with Crippen LogP contribution in [0.1, 0.15) is 46.0 Å². The molecule has 0 aromatic heterocycles. The number of amides is 2. The minimum Gasteiger partial charge on any atom is -0.347 e. The lowest BCUT2D eigenvalue weighted by molar-refractivity contribution is -0.138. The topological polar surface area (TPSA) is 49.4 Å². The Kier molecular flexibility index (Phi) is 3.69. The number of piperidine rings is 1. The summed E-state index contributed by atoms with van der Waals surface area (Å²) in [6.07, 6.45) is 5.31. The number of hydrogen-bond acceptors (Lipinski definition) is 2. The molecule has 1 aliphatic heterocycles. The van der Waals surface area contributed by atoms with E-state index in [2.05, 4.69) is 19.2 Å². The summed E-state index contributed by atoms with van der Waals surface area (Å²) in [5.74, 6) is 0.299. The molecule has 17 heavy (non-hydrogen) atoms. The van der Waals surface area contributed by atoms with Crippen molar-refractivity contribution >= 4 is 11.8 Å². The quantitative estimate of drug-likeness (QED) is 0.805. The first-order valence-electron chi connectivity index (χ1n) is 6.68. The van der Waals surface area contributed by atoms with Gasteiger partial charge < -0.3 is 10.2 Å². The van der Waals surface area contributed by atoms with Gasteiger partial charge in [-0.2, -0.15) is 0 Å². The van der Waals surface area contributed by atoms with Gasteiger partial charge in [0.2, 0.25) is 11.8 Å². The van der Waals surface area contributed by atoms with Crippen LogP contribution in [0.15, 0.2) is 0 Å². The van der Waals surface area contributed by atoms with Crippen LogP contribution in [0.5, 0.6) is 0 Å². The molecule has 2 rings (SSSR count). The molecule has 2 unspecified atom stereocenters. The Morgan fingerprint density at radius 1 is 1.12 bits per heavy atom. The molecule has 0 aromatic rings. The zero-order chi connectivity index (χ0) is 12.4. The van der Waals surface area contributed by atoms with E-state index in [-0.39, 0.29) is 24.3 Å². The zero-order valence-corrected chi connectivity index (χ0v) is 10.7. The minimum atomic E-state index is 0.0515. The Hall–Kier alpha value is -1.06. The van der Waals surface area contributed by atoms with Crippen molar-refractivity contribution in [3.63, 3.8) is 0 Å². The second kappa shape index (κ2) is 5.07. The summed E-state index contributed by atoms with van der Waals surface area (Å²) >= 11 is 0. The molecule has 4 heteroatoms. The van der Waals surface area contributed by atoms with Gasteiger partial charge in [-0.1, -0.05) is 0 Å². The number of carbonyl (C=O) groups excluding carboxylic acids is 2. The summed E-state index contributed by atoms with van der Waals surface area (Å²) in [7, 11) is 0. The van der Waals surface area contributed by atoms with Crippen molar-refractivity contribution in [2.45, 2.75) is 58.0 Å². The fraction of sp³-hybridized carbons (Fsp3) is 0.846. The van der Waals surface area contributed by atoms with Gasteiger partial charge in [0.1, 0.15) is 0 Å². The molecule has 2 fully saturated rings. The van der Waals surface area contributed by atoms with Crippen LogP contribution in [0, 0.1) is 5.92 Å². The number of carbonyl (C=O) groups is 2. The number of rotatable bonds is 3. The molecule has 2 aliphatic rings. The fourth-order valence-corrected chi connectivity index (χ4v) is 2.66. The highest BCUT2D eigenvalue weighted by molar-refractivity contribution is 5.87. The highest BCUT2D eigenvalue weighted by Crippen LogP contribution is 2.28. The molecular formula is C13H22N2O2. The van der Waals surface area contributed by atoms with Crippen molar-refractivity contribution < 1.29 is 9.59 Å². The molecule has 1 aliphatic carbocycles. The predicted molar refractivity (Wildman–Crippen MR) is 65.4 cm³/mol. The lowest BCUT2D eigenvalue weighted by Crippen LogP contribution is -2.51. The average molecular weight is 238 g/mol. The molecule has 1 N–H and O–H groups in total. The van der Waals surface area contributed by atoms with E-state index in [1.54, 1.807) is 0 Å². The normalized spacial score (nSPS) is 28.9. The predicted octanol–water partition coefficient (Wildman–Crippen LogP) is 1.30. The molecule has 4 nitrogen and oxygen atoms in total. The van der Waals surface area contributed by atoms with Crippen LogP contribution in [0.25, 0.3) is 0 Å². The Morgan fingerprint density at radius 2 is 1.71 bits per heavy atom. The minimum absolute atomic E-state index is 0.0515. The summed E-state index contributed by atoms with van der Waals surface area (Å²) in [5.41, 5.74) is 0. The van der Waals surface area contributed by atoms with Crippen molar-refractivity contribution in [3.8, 4) is 0 Å². The van der Waals surface area contributed by atoms with Crippen molar-refractivity contribution in [2.75, 3.05) is 6.54 Å². The molecule has 2 amide bonds. The van der Waals surface area contributed by atoms with Crippen molar-refractivity contribution in [2.24, 2.45) is 5.92 Å². The summed E-state index contributed by atoms with van der Waals surface area (Å²) in [6.45, 7) is 4.36. The SMILES string of the molecule is CC1CCCC(C)N1C(=O)CNC(=O)C1CC1. The highest BCUT2D eigenvalue weighted by Gasteiger charge is 2.32. The number of hydrogen-bond donors (Lipinski definition) is 1. The van der Waals surface area contributed by atoms with Crippen LogP contribution in [0.3, 0.4) is 0 Å². The van der Waals surface area contributed by atoms with Crippen LogP contribution in [-0.4, -0.2) is 35.3 Å². The van der Waals surface area contributed by atoms with E-state index in [1.165, 1.54) is 6.42 Å². The first-order chi connectivity index (χ1) is 8.09. The number of nitrogens with one attached hydrogen (secondary N) is 1. The van der Waals surface area contributed by atoms with Gasteiger partial charge in [-0.3, -0.25) is 9.59 Å². The molecule has 0 spiro atoms. The highest BCUT2D eigenvalue weighted by atomic mass is 16.2. The van der Waals surface area contributed by atoms with Crippen molar-refractivity contribution in [3.05, 3.63) is 0 Å². The Balaban J connectivity index is 1.82. The second-order valence-corrected chi connectivity index (χ2v) is 5.42. The van der Waals surface area contributed by atoms with E-state index in [0.29, 0.717) is 12.1 Å². The third-order valence-electron chi connectivity index (χ3n) is 3.84. The van der Waals surface area contributed by atoms with Gasteiger partial charge >= 0.3 is 0 Å². The summed E-state index contributed by atoms with van der Waals surface area (Å²) in [4.78, 5) is 25.5.